The zero-order chi connectivity index (χ0) is 17.9. The summed E-state index contributed by atoms with van der Waals surface area (Å²) in [6.45, 7) is 5.85. The second-order valence-corrected chi connectivity index (χ2v) is 6.73. The lowest BCUT2D eigenvalue weighted by Crippen LogP contribution is -2.33. The average molecular weight is 344 g/mol. The first kappa shape index (κ1) is 23.4. The Kier molecular flexibility index (Phi) is 18.2. The van der Waals surface area contributed by atoms with Crippen molar-refractivity contribution in [3.8, 4) is 0 Å². The van der Waals surface area contributed by atoms with Crippen LogP contribution in [0.4, 0.5) is 0 Å². The molecule has 0 bridgehead atoms. The molecule has 1 atom stereocenters. The summed E-state index contributed by atoms with van der Waals surface area (Å²) >= 11 is 0. The lowest BCUT2D eigenvalue weighted by Gasteiger charge is -2.17. The number of carbonyl (C=O) groups is 1. The van der Waals surface area contributed by atoms with Crippen LogP contribution in [0.5, 0.6) is 0 Å². The first-order chi connectivity index (χ1) is 11.8. The molecule has 0 rings (SSSR count). The first-order valence-electron chi connectivity index (χ1n) is 10.2. The number of aliphatic hydroxyl groups excluding tert-OH is 1. The highest BCUT2D eigenvalue weighted by Gasteiger charge is 2.17. The second kappa shape index (κ2) is 18.7. The lowest BCUT2D eigenvalue weighted by molar-refractivity contribution is -0.125. The van der Waals surface area contributed by atoms with E-state index in [2.05, 4.69) is 19.2 Å². The van der Waals surface area contributed by atoms with Crippen LogP contribution in [0.3, 0.4) is 0 Å². The van der Waals surface area contributed by atoms with Crippen LogP contribution < -0.4 is 5.32 Å². The minimum atomic E-state index is 0.0338. The number of ether oxygens (including phenoxy) is 1. The minimum Gasteiger partial charge on any atom is -0.394 e. The molecule has 0 aromatic heterocycles. The molecule has 1 amide bonds. The van der Waals surface area contributed by atoms with Gasteiger partial charge in [-0.15, -0.1) is 0 Å². The number of carbonyl (C=O) groups excluding carboxylic acids is 1. The van der Waals surface area contributed by atoms with E-state index >= 15 is 0 Å². The summed E-state index contributed by atoms with van der Waals surface area (Å²) in [6, 6.07) is 0. The number of nitrogens with one attached hydrogen (secondary N) is 1. The molecule has 0 aliphatic carbocycles. The Bertz CT molecular complexity index is 272. The van der Waals surface area contributed by atoms with Gasteiger partial charge in [-0.3, -0.25) is 4.79 Å². The van der Waals surface area contributed by atoms with Gasteiger partial charge >= 0.3 is 0 Å². The van der Waals surface area contributed by atoms with Crippen LogP contribution in [0.1, 0.15) is 90.9 Å². The van der Waals surface area contributed by atoms with Gasteiger partial charge in [0.1, 0.15) is 0 Å². The van der Waals surface area contributed by atoms with E-state index in [1.165, 1.54) is 51.4 Å². The van der Waals surface area contributed by atoms with Crippen molar-refractivity contribution in [3.05, 3.63) is 0 Å². The molecular weight excluding hydrogens is 302 g/mol. The Labute approximate surface area is 149 Å². The largest absolute Gasteiger partial charge is 0.394 e. The van der Waals surface area contributed by atoms with E-state index in [-0.39, 0.29) is 18.4 Å². The van der Waals surface area contributed by atoms with Gasteiger partial charge in [0.05, 0.1) is 19.8 Å². The molecule has 0 saturated carbocycles. The van der Waals surface area contributed by atoms with Gasteiger partial charge in [-0.2, -0.15) is 0 Å². The Morgan fingerprint density at radius 1 is 0.875 bits per heavy atom. The second-order valence-electron chi connectivity index (χ2n) is 6.73. The maximum Gasteiger partial charge on any atom is 0.223 e. The van der Waals surface area contributed by atoms with Crippen LogP contribution in [0, 0.1) is 5.92 Å². The summed E-state index contributed by atoms with van der Waals surface area (Å²) in [7, 11) is 0. The van der Waals surface area contributed by atoms with Gasteiger partial charge in [0.15, 0.2) is 0 Å². The topological polar surface area (TPSA) is 58.6 Å². The number of hydrogen-bond acceptors (Lipinski definition) is 3. The number of amides is 1. The monoisotopic (exact) mass is 343 g/mol. The smallest absolute Gasteiger partial charge is 0.223 e. The highest BCUT2D eigenvalue weighted by molar-refractivity contribution is 5.78. The van der Waals surface area contributed by atoms with E-state index in [1.54, 1.807) is 0 Å². The number of aliphatic hydroxyl groups is 1. The Hall–Kier alpha value is -0.610. The van der Waals surface area contributed by atoms with E-state index in [9.17, 15) is 4.79 Å². The predicted molar refractivity (Wildman–Crippen MR) is 101 cm³/mol. The van der Waals surface area contributed by atoms with Crippen molar-refractivity contribution in [3.63, 3.8) is 0 Å². The van der Waals surface area contributed by atoms with Gasteiger partial charge in [-0.05, 0) is 12.8 Å². The third-order valence-corrected chi connectivity index (χ3v) is 4.46. The fourth-order valence-electron chi connectivity index (χ4n) is 2.95. The SMILES string of the molecule is CCCCCCCCC(CCCCCC)C(=O)NCCOCCO. The van der Waals surface area contributed by atoms with Crippen LogP contribution in [0.25, 0.3) is 0 Å². The summed E-state index contributed by atoms with van der Waals surface area (Å²) in [6.07, 6.45) is 14.6. The van der Waals surface area contributed by atoms with E-state index < -0.39 is 0 Å². The number of unbranched alkanes of at least 4 members (excludes halogenated alkanes) is 8. The molecule has 1 unspecified atom stereocenters. The van der Waals surface area contributed by atoms with Crippen molar-refractivity contribution < 1.29 is 14.6 Å². The Morgan fingerprint density at radius 3 is 2.00 bits per heavy atom. The van der Waals surface area contributed by atoms with E-state index in [0.29, 0.717) is 19.8 Å². The molecule has 0 aromatic rings. The zero-order valence-electron chi connectivity index (χ0n) is 16.2. The molecule has 0 aliphatic rings. The molecule has 0 radical (unpaired) electrons. The molecule has 0 spiro atoms. The third-order valence-electron chi connectivity index (χ3n) is 4.46. The summed E-state index contributed by atoms with van der Waals surface area (Å²) in [5, 5.41) is 11.7. The van der Waals surface area contributed by atoms with Crippen molar-refractivity contribution in [2.24, 2.45) is 5.92 Å². The molecule has 0 fully saturated rings. The van der Waals surface area contributed by atoms with Gasteiger partial charge in [0, 0.05) is 12.5 Å². The zero-order valence-corrected chi connectivity index (χ0v) is 16.2. The normalized spacial score (nSPS) is 12.3. The van der Waals surface area contributed by atoms with Gasteiger partial charge in [-0.25, -0.2) is 0 Å². The summed E-state index contributed by atoms with van der Waals surface area (Å²) < 4.78 is 5.20. The highest BCUT2D eigenvalue weighted by atomic mass is 16.5. The van der Waals surface area contributed by atoms with Gasteiger partial charge in [0.25, 0.3) is 0 Å². The maximum atomic E-state index is 12.4. The van der Waals surface area contributed by atoms with E-state index in [0.717, 1.165) is 25.7 Å². The third kappa shape index (κ3) is 14.9. The van der Waals surface area contributed by atoms with Crippen LogP contribution in [-0.2, 0) is 9.53 Å². The number of rotatable bonds is 18. The summed E-state index contributed by atoms with van der Waals surface area (Å²) in [4.78, 5) is 12.4. The van der Waals surface area contributed by atoms with Crippen molar-refractivity contribution >= 4 is 5.91 Å². The molecule has 2 N–H and O–H groups in total. The maximum absolute atomic E-state index is 12.4. The number of hydrogen-bond donors (Lipinski definition) is 2. The van der Waals surface area contributed by atoms with Crippen LogP contribution in [-0.4, -0.2) is 37.4 Å². The van der Waals surface area contributed by atoms with Crippen molar-refractivity contribution in [2.45, 2.75) is 90.9 Å². The van der Waals surface area contributed by atoms with E-state index in [1.807, 2.05) is 0 Å². The van der Waals surface area contributed by atoms with Crippen LogP contribution >= 0.6 is 0 Å². The lowest BCUT2D eigenvalue weighted by atomic mass is 9.93. The van der Waals surface area contributed by atoms with E-state index in [4.69, 9.17) is 9.84 Å². The first-order valence-corrected chi connectivity index (χ1v) is 10.2. The summed E-state index contributed by atoms with van der Waals surface area (Å²) in [5.41, 5.74) is 0. The quantitative estimate of drug-likeness (QED) is 0.362. The van der Waals surface area contributed by atoms with Crippen LogP contribution in [0.2, 0.25) is 0 Å². The molecule has 0 aliphatic heterocycles. The Morgan fingerprint density at radius 2 is 1.42 bits per heavy atom. The predicted octanol–water partition coefficient (Wildman–Crippen LogP) is 4.45. The molecular formula is C20H41NO3. The highest BCUT2D eigenvalue weighted by Crippen LogP contribution is 2.19. The Balaban J connectivity index is 3.98. The van der Waals surface area contributed by atoms with Gasteiger partial charge in [-0.1, -0.05) is 78.1 Å². The van der Waals surface area contributed by atoms with Crippen molar-refractivity contribution in [1.29, 1.82) is 0 Å². The van der Waals surface area contributed by atoms with Crippen LogP contribution in [0.15, 0.2) is 0 Å². The van der Waals surface area contributed by atoms with Gasteiger partial charge < -0.3 is 15.2 Å². The molecule has 0 aromatic carbocycles. The molecule has 0 saturated heterocycles. The molecule has 4 nitrogen and oxygen atoms in total. The fraction of sp³-hybridized carbons (Fsp3) is 0.950. The molecule has 4 heteroatoms. The fourth-order valence-corrected chi connectivity index (χ4v) is 2.95. The minimum absolute atomic E-state index is 0.0338. The average Bonchev–Trinajstić information content (AvgIpc) is 2.59. The standard InChI is InChI=1S/C20H41NO3/c1-3-5-7-9-10-12-14-19(13-11-8-6-4-2)20(23)21-15-17-24-18-16-22/h19,22H,3-18H2,1-2H3,(H,21,23). The van der Waals surface area contributed by atoms with Gasteiger partial charge in [0.2, 0.25) is 5.91 Å². The summed E-state index contributed by atoms with van der Waals surface area (Å²) in [5.74, 6) is 0.346. The molecule has 144 valence electrons. The molecule has 0 heterocycles. The molecule has 24 heavy (non-hydrogen) atoms. The van der Waals surface area contributed by atoms with Crippen molar-refractivity contribution in [1.82, 2.24) is 5.32 Å². The van der Waals surface area contributed by atoms with Crippen molar-refractivity contribution in [2.75, 3.05) is 26.4 Å².